The standard InChI is InChI=1S/C13H13N3O3S/c1-8-15-16-13(20-8)14-11(17)6-9-3-2-4-10(5-9)7-12(18)19/h2-5H,6-7H2,1H3,(H,18,19)(H,14,16,17). The van der Waals surface area contributed by atoms with Crippen molar-refractivity contribution in [2.24, 2.45) is 0 Å². The Morgan fingerprint density at radius 1 is 1.25 bits per heavy atom. The molecule has 20 heavy (non-hydrogen) atoms. The van der Waals surface area contributed by atoms with Gasteiger partial charge in [0.2, 0.25) is 11.0 Å². The summed E-state index contributed by atoms with van der Waals surface area (Å²) >= 11 is 1.31. The lowest BCUT2D eigenvalue weighted by Crippen LogP contribution is -2.14. The van der Waals surface area contributed by atoms with Crippen molar-refractivity contribution in [1.29, 1.82) is 0 Å². The summed E-state index contributed by atoms with van der Waals surface area (Å²) in [5.41, 5.74) is 1.44. The van der Waals surface area contributed by atoms with Crippen molar-refractivity contribution in [2.45, 2.75) is 19.8 Å². The number of carbonyl (C=O) groups excluding carboxylic acids is 1. The molecular weight excluding hydrogens is 278 g/mol. The molecule has 104 valence electrons. The van der Waals surface area contributed by atoms with Gasteiger partial charge in [0.25, 0.3) is 0 Å². The second-order valence-corrected chi connectivity index (χ2v) is 5.42. The van der Waals surface area contributed by atoms with E-state index in [1.807, 2.05) is 6.92 Å². The molecule has 0 aliphatic heterocycles. The van der Waals surface area contributed by atoms with E-state index < -0.39 is 5.97 Å². The van der Waals surface area contributed by atoms with Crippen LogP contribution in [0, 0.1) is 6.92 Å². The quantitative estimate of drug-likeness (QED) is 0.874. The number of rotatable bonds is 5. The molecule has 2 aromatic rings. The molecule has 0 atom stereocenters. The maximum absolute atomic E-state index is 11.8. The lowest BCUT2D eigenvalue weighted by Gasteiger charge is -2.03. The summed E-state index contributed by atoms with van der Waals surface area (Å²) in [6.45, 7) is 1.81. The minimum Gasteiger partial charge on any atom is -0.481 e. The van der Waals surface area contributed by atoms with Crippen LogP contribution >= 0.6 is 11.3 Å². The van der Waals surface area contributed by atoms with Crippen LogP contribution in [0.25, 0.3) is 0 Å². The van der Waals surface area contributed by atoms with Gasteiger partial charge in [-0.25, -0.2) is 0 Å². The van der Waals surface area contributed by atoms with Crippen molar-refractivity contribution in [3.05, 3.63) is 40.4 Å². The van der Waals surface area contributed by atoms with E-state index in [-0.39, 0.29) is 18.7 Å². The molecule has 0 saturated carbocycles. The van der Waals surface area contributed by atoms with Crippen LogP contribution in [0.1, 0.15) is 16.1 Å². The van der Waals surface area contributed by atoms with Gasteiger partial charge >= 0.3 is 5.97 Å². The highest BCUT2D eigenvalue weighted by Gasteiger charge is 2.08. The van der Waals surface area contributed by atoms with Crippen LogP contribution in [0.4, 0.5) is 5.13 Å². The van der Waals surface area contributed by atoms with Gasteiger partial charge in [0.1, 0.15) is 5.01 Å². The summed E-state index contributed by atoms with van der Waals surface area (Å²) in [5.74, 6) is -1.09. The zero-order valence-electron chi connectivity index (χ0n) is 10.8. The van der Waals surface area contributed by atoms with Gasteiger partial charge in [-0.05, 0) is 18.1 Å². The molecule has 0 aliphatic carbocycles. The third-order valence-corrected chi connectivity index (χ3v) is 3.24. The van der Waals surface area contributed by atoms with Crippen LogP contribution < -0.4 is 5.32 Å². The summed E-state index contributed by atoms with van der Waals surface area (Å²) in [6.07, 6.45) is 0.122. The molecular formula is C13H13N3O3S. The highest BCUT2D eigenvalue weighted by molar-refractivity contribution is 7.15. The first kappa shape index (κ1) is 14.1. The fourth-order valence-electron chi connectivity index (χ4n) is 1.72. The second-order valence-electron chi connectivity index (χ2n) is 4.24. The van der Waals surface area contributed by atoms with Crippen molar-refractivity contribution in [1.82, 2.24) is 10.2 Å². The minimum absolute atomic E-state index is 0.0505. The molecule has 1 heterocycles. The number of aryl methyl sites for hydroxylation is 1. The lowest BCUT2D eigenvalue weighted by atomic mass is 10.1. The van der Waals surface area contributed by atoms with Gasteiger partial charge in [-0.1, -0.05) is 35.6 Å². The molecule has 6 nitrogen and oxygen atoms in total. The molecule has 1 amide bonds. The Bertz CT molecular complexity index is 639. The number of nitrogens with zero attached hydrogens (tertiary/aromatic N) is 2. The largest absolute Gasteiger partial charge is 0.481 e. The number of nitrogens with one attached hydrogen (secondary N) is 1. The van der Waals surface area contributed by atoms with Gasteiger partial charge in [-0.2, -0.15) is 0 Å². The molecule has 0 unspecified atom stereocenters. The SMILES string of the molecule is Cc1nnc(NC(=O)Cc2cccc(CC(=O)O)c2)s1. The highest BCUT2D eigenvalue weighted by atomic mass is 32.1. The number of carbonyl (C=O) groups is 2. The Labute approximate surface area is 119 Å². The summed E-state index contributed by atoms with van der Waals surface area (Å²) in [6, 6.07) is 6.98. The molecule has 7 heteroatoms. The van der Waals surface area contributed by atoms with Crippen LogP contribution in [-0.4, -0.2) is 27.2 Å². The zero-order valence-corrected chi connectivity index (χ0v) is 11.6. The number of carboxylic acid groups (broad SMARTS) is 1. The highest BCUT2D eigenvalue weighted by Crippen LogP contribution is 2.14. The van der Waals surface area contributed by atoms with Crippen LogP contribution in [0.5, 0.6) is 0 Å². The Morgan fingerprint density at radius 3 is 2.55 bits per heavy atom. The van der Waals surface area contributed by atoms with E-state index in [2.05, 4.69) is 15.5 Å². The van der Waals surface area contributed by atoms with Crippen molar-refractivity contribution in [3.63, 3.8) is 0 Å². The van der Waals surface area contributed by atoms with Gasteiger partial charge in [0, 0.05) is 0 Å². The Balaban J connectivity index is 1.98. The summed E-state index contributed by atoms with van der Waals surface area (Å²) in [7, 11) is 0. The molecule has 0 radical (unpaired) electrons. The molecule has 2 rings (SSSR count). The van der Waals surface area contributed by atoms with Gasteiger partial charge < -0.3 is 10.4 Å². The van der Waals surface area contributed by atoms with Crippen molar-refractivity contribution in [2.75, 3.05) is 5.32 Å². The predicted octanol–water partition coefficient (Wildman–Crippen LogP) is 1.65. The van der Waals surface area contributed by atoms with Crippen LogP contribution in [0.15, 0.2) is 24.3 Å². The number of benzene rings is 1. The third-order valence-electron chi connectivity index (χ3n) is 2.48. The number of amides is 1. The van der Waals surface area contributed by atoms with Crippen molar-refractivity contribution >= 4 is 28.3 Å². The normalized spacial score (nSPS) is 10.2. The van der Waals surface area contributed by atoms with E-state index in [9.17, 15) is 9.59 Å². The van der Waals surface area contributed by atoms with Gasteiger partial charge in [0.15, 0.2) is 0 Å². The van der Waals surface area contributed by atoms with E-state index in [0.717, 1.165) is 10.6 Å². The monoisotopic (exact) mass is 291 g/mol. The Hall–Kier alpha value is -2.28. The number of carboxylic acids is 1. The molecule has 0 aliphatic rings. The van der Waals surface area contributed by atoms with Gasteiger partial charge in [0.05, 0.1) is 12.8 Å². The third kappa shape index (κ3) is 4.13. The summed E-state index contributed by atoms with van der Waals surface area (Å²) < 4.78 is 0. The first-order valence-electron chi connectivity index (χ1n) is 5.92. The molecule has 0 saturated heterocycles. The number of anilines is 1. The van der Waals surface area contributed by atoms with Crippen molar-refractivity contribution in [3.8, 4) is 0 Å². The summed E-state index contributed by atoms with van der Waals surface area (Å²) in [4.78, 5) is 22.5. The summed E-state index contributed by atoms with van der Waals surface area (Å²) in [5, 5.41) is 20.3. The van der Waals surface area contributed by atoms with E-state index in [4.69, 9.17) is 5.11 Å². The fraction of sp³-hybridized carbons (Fsp3) is 0.231. The smallest absolute Gasteiger partial charge is 0.307 e. The molecule has 1 aromatic heterocycles. The first-order valence-corrected chi connectivity index (χ1v) is 6.74. The van der Waals surface area contributed by atoms with Crippen LogP contribution in [0.2, 0.25) is 0 Å². The van der Waals surface area contributed by atoms with E-state index >= 15 is 0 Å². The number of aromatic nitrogens is 2. The Morgan fingerprint density at radius 2 is 1.95 bits per heavy atom. The maximum Gasteiger partial charge on any atom is 0.307 e. The zero-order chi connectivity index (χ0) is 14.5. The van der Waals surface area contributed by atoms with Gasteiger partial charge in [-0.15, -0.1) is 10.2 Å². The molecule has 0 spiro atoms. The van der Waals surface area contributed by atoms with Crippen LogP contribution in [0.3, 0.4) is 0 Å². The minimum atomic E-state index is -0.893. The van der Waals surface area contributed by atoms with Gasteiger partial charge in [-0.3, -0.25) is 9.59 Å². The maximum atomic E-state index is 11.8. The Kier molecular flexibility index (Phi) is 4.41. The van der Waals surface area contributed by atoms with Crippen molar-refractivity contribution < 1.29 is 14.7 Å². The van der Waals surface area contributed by atoms with E-state index in [1.54, 1.807) is 24.3 Å². The molecule has 2 N–H and O–H groups in total. The van der Waals surface area contributed by atoms with E-state index in [1.165, 1.54) is 11.3 Å². The fourth-order valence-corrected chi connectivity index (χ4v) is 2.33. The molecule has 1 aromatic carbocycles. The average Bonchev–Trinajstić information content (AvgIpc) is 2.74. The lowest BCUT2D eigenvalue weighted by molar-refractivity contribution is -0.136. The molecule has 0 bridgehead atoms. The first-order chi connectivity index (χ1) is 9.52. The topological polar surface area (TPSA) is 92.2 Å². The van der Waals surface area contributed by atoms with E-state index in [0.29, 0.717) is 10.7 Å². The predicted molar refractivity (Wildman–Crippen MR) is 74.8 cm³/mol. The second kappa shape index (κ2) is 6.25. The number of hydrogen-bond donors (Lipinski definition) is 2. The number of hydrogen-bond acceptors (Lipinski definition) is 5. The average molecular weight is 291 g/mol. The molecule has 0 fully saturated rings. The number of aliphatic carboxylic acids is 1. The van der Waals surface area contributed by atoms with Crippen LogP contribution in [-0.2, 0) is 22.4 Å².